The summed E-state index contributed by atoms with van der Waals surface area (Å²) in [5.74, 6) is 7.21. The average Bonchev–Trinajstić information content (AvgIpc) is 2.73. The lowest BCUT2D eigenvalue weighted by Crippen LogP contribution is -2.21. The van der Waals surface area contributed by atoms with Crippen molar-refractivity contribution in [1.29, 1.82) is 0 Å². The molecule has 0 fully saturated rings. The van der Waals surface area contributed by atoms with E-state index >= 15 is 0 Å². The van der Waals surface area contributed by atoms with Gasteiger partial charge < -0.3 is 14.2 Å². The zero-order valence-electron chi connectivity index (χ0n) is 19.5. The largest absolute Gasteiger partial charge is 0.461 e. The molecule has 0 aliphatic rings. The fourth-order valence-electron chi connectivity index (χ4n) is 2.25. The third kappa shape index (κ3) is 18.5. The summed E-state index contributed by atoms with van der Waals surface area (Å²) in [6.45, 7) is 12.5. The van der Waals surface area contributed by atoms with Crippen LogP contribution in [0.5, 0.6) is 0 Å². The van der Waals surface area contributed by atoms with Crippen LogP contribution in [0.15, 0.2) is 12.2 Å². The maximum Gasteiger partial charge on any atom is 0.306 e. The van der Waals surface area contributed by atoms with Gasteiger partial charge in [0.2, 0.25) is 6.29 Å². The number of carbonyl (C=O) groups excluding carboxylic acids is 1. The Bertz CT molecular complexity index is 461. The van der Waals surface area contributed by atoms with E-state index in [9.17, 15) is 4.79 Å². The second-order valence-electron chi connectivity index (χ2n) is 7.85. The Kier molecular flexibility index (Phi) is 19.1. The molecule has 0 rings (SSSR count). The highest BCUT2D eigenvalue weighted by molar-refractivity contribution is 5.69. The molecule has 0 radical (unpaired) electrons. The molecule has 0 bridgehead atoms. The van der Waals surface area contributed by atoms with Crippen molar-refractivity contribution in [3.05, 3.63) is 12.2 Å². The summed E-state index contributed by atoms with van der Waals surface area (Å²) in [5, 5.41) is 0. The number of esters is 1. The first-order chi connectivity index (χ1) is 14.0. The molecule has 0 aromatic heterocycles. The smallest absolute Gasteiger partial charge is 0.306 e. The van der Waals surface area contributed by atoms with E-state index in [-0.39, 0.29) is 5.97 Å². The van der Waals surface area contributed by atoms with E-state index in [1.807, 2.05) is 6.08 Å². The molecule has 4 heteroatoms. The van der Waals surface area contributed by atoms with Gasteiger partial charge in [-0.15, -0.1) is 0 Å². The van der Waals surface area contributed by atoms with E-state index in [1.54, 1.807) is 0 Å². The summed E-state index contributed by atoms with van der Waals surface area (Å²) in [6, 6.07) is 0. The van der Waals surface area contributed by atoms with Gasteiger partial charge in [0.25, 0.3) is 0 Å². The van der Waals surface area contributed by atoms with Gasteiger partial charge in [0.05, 0.1) is 13.2 Å². The monoisotopic (exact) mass is 408 g/mol. The molecule has 0 saturated heterocycles. The maximum atomic E-state index is 11.6. The van der Waals surface area contributed by atoms with Gasteiger partial charge in [0.1, 0.15) is 6.61 Å². The van der Waals surface area contributed by atoms with Crippen LogP contribution in [0.4, 0.5) is 0 Å². The Morgan fingerprint density at radius 1 is 0.931 bits per heavy atom. The zero-order valence-corrected chi connectivity index (χ0v) is 19.5. The number of ether oxygens (including phenoxy) is 3. The molecule has 0 spiro atoms. The van der Waals surface area contributed by atoms with Gasteiger partial charge in [-0.1, -0.05) is 78.4 Å². The normalized spacial score (nSPS) is 14.2. The zero-order chi connectivity index (χ0) is 21.7. The van der Waals surface area contributed by atoms with Gasteiger partial charge in [-0.05, 0) is 37.0 Å². The predicted octanol–water partition coefficient (Wildman–Crippen LogP) is 6.29. The molecule has 0 aromatic carbocycles. The van der Waals surface area contributed by atoms with Crippen LogP contribution in [0.25, 0.3) is 0 Å². The van der Waals surface area contributed by atoms with E-state index in [1.165, 1.54) is 0 Å². The molecule has 0 heterocycles. The highest BCUT2D eigenvalue weighted by Crippen LogP contribution is 2.08. The molecular weight excluding hydrogens is 364 g/mol. The van der Waals surface area contributed by atoms with Gasteiger partial charge in [0, 0.05) is 12.8 Å². The molecule has 29 heavy (non-hydrogen) atoms. The highest BCUT2D eigenvalue weighted by atomic mass is 16.7. The first-order valence-corrected chi connectivity index (χ1v) is 11.6. The van der Waals surface area contributed by atoms with E-state index in [0.717, 1.165) is 51.4 Å². The molecule has 0 amide bonds. The Morgan fingerprint density at radius 3 is 2.17 bits per heavy atom. The van der Waals surface area contributed by atoms with Crippen LogP contribution >= 0.6 is 0 Å². The summed E-state index contributed by atoms with van der Waals surface area (Å²) in [5.41, 5.74) is 0. The van der Waals surface area contributed by atoms with E-state index < -0.39 is 6.29 Å². The lowest BCUT2D eigenvalue weighted by atomic mass is 10.1. The first kappa shape index (κ1) is 27.7. The minimum atomic E-state index is -0.436. The van der Waals surface area contributed by atoms with Crippen molar-refractivity contribution in [3.8, 4) is 11.8 Å². The molecule has 4 nitrogen and oxygen atoms in total. The molecule has 2 unspecified atom stereocenters. The van der Waals surface area contributed by atoms with Crippen molar-refractivity contribution in [3.63, 3.8) is 0 Å². The summed E-state index contributed by atoms with van der Waals surface area (Å²) in [4.78, 5) is 11.6. The third-order valence-electron chi connectivity index (χ3n) is 4.82. The van der Waals surface area contributed by atoms with Crippen molar-refractivity contribution in [2.45, 2.75) is 98.7 Å². The summed E-state index contributed by atoms with van der Waals surface area (Å²) in [7, 11) is 0. The fraction of sp³-hybridized carbons (Fsp3) is 0.800. The summed E-state index contributed by atoms with van der Waals surface area (Å²) < 4.78 is 16.9. The molecule has 0 aliphatic heterocycles. The van der Waals surface area contributed by atoms with E-state index in [2.05, 4.69) is 52.5 Å². The summed E-state index contributed by atoms with van der Waals surface area (Å²) in [6.07, 6.45) is 11.9. The Balaban J connectivity index is 4.01. The van der Waals surface area contributed by atoms with Gasteiger partial charge in [-0.2, -0.15) is 0 Å². The maximum absolute atomic E-state index is 11.6. The Morgan fingerprint density at radius 2 is 1.59 bits per heavy atom. The molecule has 0 saturated carbocycles. The Labute approximate surface area is 179 Å². The Hall–Kier alpha value is -1.31. The molecule has 168 valence electrons. The van der Waals surface area contributed by atoms with Crippen LogP contribution in [-0.2, 0) is 19.0 Å². The summed E-state index contributed by atoms with van der Waals surface area (Å²) >= 11 is 0. The van der Waals surface area contributed by atoms with Gasteiger partial charge in [-0.3, -0.25) is 4.79 Å². The predicted molar refractivity (Wildman–Crippen MR) is 120 cm³/mol. The second kappa shape index (κ2) is 20.0. The van der Waals surface area contributed by atoms with Crippen LogP contribution in [0.2, 0.25) is 0 Å². The van der Waals surface area contributed by atoms with Crippen LogP contribution in [0.3, 0.4) is 0 Å². The molecular formula is C25H44O4. The van der Waals surface area contributed by atoms with E-state index in [0.29, 0.717) is 38.1 Å². The lowest BCUT2D eigenvalue weighted by Gasteiger charge is -2.18. The van der Waals surface area contributed by atoms with Crippen molar-refractivity contribution >= 4 is 5.97 Å². The van der Waals surface area contributed by atoms with Crippen LogP contribution in [-0.4, -0.2) is 32.1 Å². The van der Waals surface area contributed by atoms with Crippen molar-refractivity contribution in [2.24, 2.45) is 11.8 Å². The van der Waals surface area contributed by atoms with E-state index in [4.69, 9.17) is 14.2 Å². The highest BCUT2D eigenvalue weighted by Gasteiger charge is 2.10. The minimum absolute atomic E-state index is 0.116. The number of carbonyl (C=O) groups is 1. The average molecular weight is 409 g/mol. The number of hydrogen-bond donors (Lipinski definition) is 0. The van der Waals surface area contributed by atoms with Gasteiger partial charge >= 0.3 is 5.97 Å². The van der Waals surface area contributed by atoms with Crippen molar-refractivity contribution < 1.29 is 19.0 Å². The molecule has 0 aliphatic carbocycles. The van der Waals surface area contributed by atoms with Crippen molar-refractivity contribution in [2.75, 3.05) is 19.8 Å². The molecule has 2 atom stereocenters. The SMILES string of the molecule is CCC/C=C/COC(=O)CCCCCC#CC(OCC(C)CC)OCC(C)CC. The quantitative estimate of drug-likeness (QED) is 0.0932. The topological polar surface area (TPSA) is 44.8 Å². The second-order valence-corrected chi connectivity index (χ2v) is 7.85. The number of hydrogen-bond acceptors (Lipinski definition) is 4. The molecule has 0 N–H and O–H groups in total. The third-order valence-corrected chi connectivity index (χ3v) is 4.82. The van der Waals surface area contributed by atoms with Crippen molar-refractivity contribution in [1.82, 2.24) is 0 Å². The van der Waals surface area contributed by atoms with Crippen LogP contribution in [0.1, 0.15) is 92.4 Å². The number of unbranched alkanes of at least 4 members (excludes halogenated alkanes) is 4. The number of rotatable bonds is 17. The number of allylic oxidation sites excluding steroid dienone is 1. The lowest BCUT2D eigenvalue weighted by molar-refractivity contribution is -0.142. The van der Waals surface area contributed by atoms with Crippen LogP contribution < -0.4 is 0 Å². The van der Waals surface area contributed by atoms with Gasteiger partial charge in [0.15, 0.2) is 0 Å². The standard InChI is InChI=1S/C25H44O4/c1-6-9-10-16-19-27-24(26)17-14-12-11-13-15-18-25(28-20-22(4)7-2)29-21-23(5)8-3/h10,16,22-23,25H,6-9,11-14,17,19-21H2,1-5H3/b16-10+. The first-order valence-electron chi connectivity index (χ1n) is 11.6. The minimum Gasteiger partial charge on any atom is -0.461 e. The van der Waals surface area contributed by atoms with Gasteiger partial charge in [-0.25, -0.2) is 0 Å². The fourth-order valence-corrected chi connectivity index (χ4v) is 2.25. The molecule has 0 aromatic rings. The van der Waals surface area contributed by atoms with Crippen LogP contribution in [0, 0.1) is 23.7 Å².